The monoisotopic (exact) mass is 378 g/mol. The van der Waals surface area contributed by atoms with Crippen LogP contribution < -0.4 is 10.4 Å². The zero-order valence-corrected chi connectivity index (χ0v) is 17.7. The summed E-state index contributed by atoms with van der Waals surface area (Å²) in [5.74, 6) is 0. The molecule has 0 N–H and O–H groups in total. The van der Waals surface area contributed by atoms with E-state index in [-0.39, 0.29) is 5.41 Å². The summed E-state index contributed by atoms with van der Waals surface area (Å²) >= 11 is 0. The maximum Gasteiger partial charge on any atom is 0.113 e. The van der Waals surface area contributed by atoms with Gasteiger partial charge in [0.15, 0.2) is 0 Å². The molecule has 0 bridgehead atoms. The normalized spacial score (nSPS) is 17.1. The van der Waals surface area contributed by atoms with Crippen LogP contribution in [-0.2, 0) is 5.41 Å². The minimum Gasteiger partial charge on any atom is -0.256 e. The lowest BCUT2D eigenvalue weighted by molar-refractivity contribution is 0.661. The highest BCUT2D eigenvalue weighted by molar-refractivity contribution is 7.04. The number of aromatic nitrogens is 2. The maximum atomic E-state index is 4.85. The fourth-order valence-electron chi connectivity index (χ4n) is 5.55. The number of hydrogen-bond acceptors (Lipinski definition) is 2. The highest BCUT2D eigenvalue weighted by Crippen LogP contribution is 2.52. The van der Waals surface area contributed by atoms with E-state index < -0.39 is 8.07 Å². The summed E-state index contributed by atoms with van der Waals surface area (Å²) in [5, 5.41) is 4.28. The summed E-state index contributed by atoms with van der Waals surface area (Å²) in [6.07, 6.45) is 3.85. The summed E-state index contributed by atoms with van der Waals surface area (Å²) in [4.78, 5) is 9.62. The highest BCUT2D eigenvalue weighted by Gasteiger charge is 2.46. The molecule has 1 aliphatic carbocycles. The van der Waals surface area contributed by atoms with Gasteiger partial charge in [0.1, 0.15) is 8.07 Å². The molecule has 0 radical (unpaired) electrons. The second kappa shape index (κ2) is 4.98. The van der Waals surface area contributed by atoms with Crippen LogP contribution in [0.15, 0.2) is 60.9 Å². The Bertz CT molecular complexity index is 1320. The fourth-order valence-corrected chi connectivity index (χ4v) is 8.59. The Kier molecular flexibility index (Phi) is 2.88. The zero-order valence-electron chi connectivity index (χ0n) is 16.7. The summed E-state index contributed by atoms with van der Waals surface area (Å²) in [5.41, 5.74) is 9.12. The molecule has 3 heteroatoms. The molecule has 1 aliphatic heterocycles. The SMILES string of the molecule is CC1(C)c2cccnc2-c2ccc3c(c21)-c1c(ccc2cccnc12)[Si]3(C)C. The van der Waals surface area contributed by atoms with Crippen molar-refractivity contribution in [3.63, 3.8) is 0 Å². The molecule has 2 aliphatic rings. The molecule has 0 atom stereocenters. The number of nitrogens with zero attached hydrogens (tertiary/aromatic N) is 2. The third kappa shape index (κ3) is 1.74. The van der Waals surface area contributed by atoms with Gasteiger partial charge in [-0.05, 0) is 39.2 Å². The van der Waals surface area contributed by atoms with Gasteiger partial charge in [0, 0.05) is 34.3 Å². The molecule has 2 aromatic carbocycles. The van der Waals surface area contributed by atoms with E-state index in [9.17, 15) is 0 Å². The van der Waals surface area contributed by atoms with Crippen LogP contribution in [0.2, 0.25) is 13.1 Å². The molecule has 0 unspecified atom stereocenters. The summed E-state index contributed by atoms with van der Waals surface area (Å²) in [7, 11) is -1.77. The molecule has 28 heavy (non-hydrogen) atoms. The number of rotatable bonds is 0. The van der Waals surface area contributed by atoms with E-state index >= 15 is 0 Å². The van der Waals surface area contributed by atoms with Crippen LogP contribution in [0.3, 0.4) is 0 Å². The van der Waals surface area contributed by atoms with Crippen molar-refractivity contribution in [2.24, 2.45) is 0 Å². The van der Waals surface area contributed by atoms with E-state index in [4.69, 9.17) is 9.97 Å². The van der Waals surface area contributed by atoms with Gasteiger partial charge >= 0.3 is 0 Å². The molecule has 0 spiro atoms. The van der Waals surface area contributed by atoms with Crippen LogP contribution in [0.4, 0.5) is 0 Å². The van der Waals surface area contributed by atoms with Crippen molar-refractivity contribution in [2.45, 2.75) is 32.4 Å². The van der Waals surface area contributed by atoms with Gasteiger partial charge in [-0.25, -0.2) is 0 Å². The van der Waals surface area contributed by atoms with Crippen LogP contribution in [-0.4, -0.2) is 18.0 Å². The van der Waals surface area contributed by atoms with Gasteiger partial charge < -0.3 is 0 Å². The summed E-state index contributed by atoms with van der Waals surface area (Å²) < 4.78 is 0. The number of hydrogen-bond donors (Lipinski definition) is 0. The van der Waals surface area contributed by atoms with Gasteiger partial charge in [-0.3, -0.25) is 9.97 Å². The van der Waals surface area contributed by atoms with Gasteiger partial charge in [-0.15, -0.1) is 0 Å². The van der Waals surface area contributed by atoms with Crippen molar-refractivity contribution in [3.05, 3.63) is 72.1 Å². The Hall–Kier alpha value is -2.78. The molecule has 0 fully saturated rings. The topological polar surface area (TPSA) is 25.8 Å². The maximum absolute atomic E-state index is 4.85. The first-order valence-corrected chi connectivity index (χ1v) is 12.9. The van der Waals surface area contributed by atoms with Gasteiger partial charge in [0.2, 0.25) is 0 Å². The van der Waals surface area contributed by atoms with Crippen molar-refractivity contribution in [2.75, 3.05) is 0 Å². The largest absolute Gasteiger partial charge is 0.256 e. The average molecular weight is 379 g/mol. The Morgan fingerprint density at radius 1 is 0.786 bits per heavy atom. The predicted molar refractivity (Wildman–Crippen MR) is 119 cm³/mol. The Morgan fingerprint density at radius 3 is 2.36 bits per heavy atom. The zero-order chi connectivity index (χ0) is 19.3. The van der Waals surface area contributed by atoms with Crippen LogP contribution in [0, 0.1) is 0 Å². The second-order valence-corrected chi connectivity index (χ2v) is 13.5. The van der Waals surface area contributed by atoms with E-state index in [2.05, 4.69) is 69.4 Å². The fraction of sp³-hybridized carbons (Fsp3) is 0.200. The summed E-state index contributed by atoms with van der Waals surface area (Å²) in [6, 6.07) is 17.9. The molecule has 0 saturated carbocycles. The third-order valence-corrected chi connectivity index (χ3v) is 10.5. The van der Waals surface area contributed by atoms with Crippen molar-refractivity contribution in [1.29, 1.82) is 0 Å². The molecule has 2 aromatic heterocycles. The van der Waals surface area contributed by atoms with Crippen LogP contribution in [0.25, 0.3) is 33.3 Å². The van der Waals surface area contributed by atoms with Crippen molar-refractivity contribution in [1.82, 2.24) is 9.97 Å². The third-order valence-electron chi connectivity index (χ3n) is 6.94. The molecule has 0 saturated heterocycles. The molecule has 2 nitrogen and oxygen atoms in total. The smallest absolute Gasteiger partial charge is 0.113 e. The van der Waals surface area contributed by atoms with Crippen molar-refractivity contribution >= 4 is 29.4 Å². The van der Waals surface area contributed by atoms with Crippen LogP contribution in [0.5, 0.6) is 0 Å². The summed E-state index contributed by atoms with van der Waals surface area (Å²) in [6.45, 7) is 9.66. The van der Waals surface area contributed by atoms with E-state index in [1.807, 2.05) is 18.5 Å². The van der Waals surface area contributed by atoms with E-state index in [0.29, 0.717) is 0 Å². The van der Waals surface area contributed by atoms with Gasteiger partial charge in [-0.1, -0.05) is 63.3 Å². The second-order valence-electron chi connectivity index (χ2n) is 9.12. The minimum atomic E-state index is -1.77. The van der Waals surface area contributed by atoms with E-state index in [1.165, 1.54) is 38.4 Å². The van der Waals surface area contributed by atoms with E-state index in [1.54, 1.807) is 5.19 Å². The minimum absolute atomic E-state index is 0.0622. The number of pyridine rings is 2. The van der Waals surface area contributed by atoms with E-state index in [0.717, 1.165) is 11.2 Å². The number of benzene rings is 2. The van der Waals surface area contributed by atoms with Gasteiger partial charge in [0.05, 0.1) is 11.2 Å². The predicted octanol–water partition coefficient (Wildman–Crippen LogP) is 4.74. The quantitative estimate of drug-likeness (QED) is 0.413. The van der Waals surface area contributed by atoms with Crippen LogP contribution >= 0.6 is 0 Å². The average Bonchev–Trinajstić information content (AvgIpc) is 3.08. The Morgan fingerprint density at radius 2 is 1.50 bits per heavy atom. The lowest BCUT2D eigenvalue weighted by Crippen LogP contribution is -2.49. The van der Waals surface area contributed by atoms with Crippen LogP contribution in [0.1, 0.15) is 25.0 Å². The Balaban J connectivity index is 1.82. The van der Waals surface area contributed by atoms with Gasteiger partial charge in [0.25, 0.3) is 0 Å². The molecule has 4 aromatic rings. The molecule has 136 valence electrons. The lowest BCUT2D eigenvalue weighted by Gasteiger charge is -2.25. The number of fused-ring (bicyclic) bond motifs is 9. The first-order valence-electron chi connectivity index (χ1n) is 9.95. The molecule has 3 heterocycles. The van der Waals surface area contributed by atoms with Crippen molar-refractivity contribution < 1.29 is 0 Å². The lowest BCUT2D eigenvalue weighted by atomic mass is 9.78. The molecule has 0 amide bonds. The highest BCUT2D eigenvalue weighted by atomic mass is 28.3. The first kappa shape index (κ1) is 16.2. The molecular weight excluding hydrogens is 356 g/mol. The Labute approximate surface area is 166 Å². The molecular formula is C25H22N2Si. The standard InChI is InChI=1S/C25H22N2Si/c1-25(2)17-8-6-14-27-24(17)16-10-12-18-20(22(16)25)21-19(28(18,3)4)11-9-15-7-5-13-26-23(15)21/h5-14H,1-4H3. The van der Waals surface area contributed by atoms with Gasteiger partial charge in [-0.2, -0.15) is 0 Å². The van der Waals surface area contributed by atoms with Crippen molar-refractivity contribution in [3.8, 4) is 22.4 Å². The molecule has 6 rings (SSSR count). The first-order chi connectivity index (χ1) is 13.4.